The maximum atomic E-state index is 13.4. The van der Waals surface area contributed by atoms with Crippen LogP contribution in [-0.2, 0) is 4.79 Å². The van der Waals surface area contributed by atoms with E-state index in [1.807, 2.05) is 41.6 Å². The summed E-state index contributed by atoms with van der Waals surface area (Å²) in [5.41, 5.74) is 10.0. The van der Waals surface area contributed by atoms with E-state index in [0.29, 0.717) is 41.4 Å². The second kappa shape index (κ2) is 11.8. The van der Waals surface area contributed by atoms with Gasteiger partial charge in [-0.2, -0.15) is 5.10 Å². The van der Waals surface area contributed by atoms with E-state index >= 15 is 0 Å². The molecule has 0 spiro atoms. The molecule has 0 radical (unpaired) electrons. The van der Waals surface area contributed by atoms with Gasteiger partial charge in [0.1, 0.15) is 28.6 Å². The lowest BCUT2D eigenvalue weighted by Crippen LogP contribution is -2.41. The van der Waals surface area contributed by atoms with Crippen LogP contribution in [0.15, 0.2) is 73.2 Å². The second-order valence-corrected chi connectivity index (χ2v) is 11.2. The smallest absolute Gasteiger partial charge is 0.261 e. The predicted octanol–water partition coefficient (Wildman–Crippen LogP) is 5.66. The van der Waals surface area contributed by atoms with Gasteiger partial charge in [-0.1, -0.05) is 38.1 Å². The summed E-state index contributed by atoms with van der Waals surface area (Å²) in [6.07, 6.45) is 5.94. The number of piperidine rings is 1. The molecule has 1 fully saturated rings. The first-order chi connectivity index (χ1) is 21.2. The number of likely N-dealkylation sites (tertiary alicyclic amines) is 1. The average molecular weight is 594 g/mol. The quantitative estimate of drug-likeness (QED) is 0.231. The van der Waals surface area contributed by atoms with Crippen LogP contribution in [0.3, 0.4) is 0 Å². The molecule has 44 heavy (non-hydrogen) atoms. The monoisotopic (exact) mass is 593 g/mol. The van der Waals surface area contributed by atoms with Crippen molar-refractivity contribution in [2.24, 2.45) is 5.92 Å². The molecule has 0 unspecified atom stereocenters. The van der Waals surface area contributed by atoms with Gasteiger partial charge in [-0.15, -0.1) is 0 Å². The van der Waals surface area contributed by atoms with Crippen molar-refractivity contribution >= 4 is 34.2 Å². The van der Waals surface area contributed by atoms with Crippen LogP contribution >= 0.6 is 0 Å². The van der Waals surface area contributed by atoms with Crippen molar-refractivity contribution < 1.29 is 19.1 Å². The van der Waals surface area contributed by atoms with E-state index in [4.69, 9.17) is 10.8 Å². The van der Waals surface area contributed by atoms with E-state index in [9.17, 15) is 19.1 Å². The number of nitrogen functional groups attached to an aromatic ring is 1. The van der Waals surface area contributed by atoms with Gasteiger partial charge in [0.15, 0.2) is 0 Å². The maximum Gasteiger partial charge on any atom is 0.261 e. The van der Waals surface area contributed by atoms with Crippen molar-refractivity contribution in [1.29, 1.82) is 0 Å². The molecule has 1 aliphatic rings. The minimum absolute atomic E-state index is 0.0133. The number of benzene rings is 2. The third-order valence-electron chi connectivity index (χ3n) is 8.00. The molecule has 10 nitrogen and oxygen atoms in total. The second-order valence-electron chi connectivity index (χ2n) is 11.2. The maximum absolute atomic E-state index is 13.4. The number of hydrogen-bond donors (Lipinski definition) is 3. The number of fused-ring (bicyclic) bond motifs is 1. The Hall–Kier alpha value is -5.32. The lowest BCUT2D eigenvalue weighted by Gasteiger charge is -2.33. The predicted molar refractivity (Wildman–Crippen MR) is 166 cm³/mol. The van der Waals surface area contributed by atoms with Crippen molar-refractivity contribution in [1.82, 2.24) is 24.6 Å². The minimum Gasteiger partial charge on any atom is -0.506 e. The average Bonchev–Trinajstić information content (AvgIpc) is 3.42. The Bertz CT molecular complexity index is 1840. The molecule has 3 aromatic heterocycles. The van der Waals surface area contributed by atoms with E-state index in [1.54, 1.807) is 18.3 Å². The molecule has 224 valence electrons. The number of nitrogens with zero attached hydrogens (tertiary/aromatic N) is 5. The zero-order valence-electron chi connectivity index (χ0n) is 24.4. The number of carbonyl (C=O) groups excluding carboxylic acids is 2. The fourth-order valence-electron chi connectivity index (χ4n) is 5.66. The Kier molecular flexibility index (Phi) is 7.69. The largest absolute Gasteiger partial charge is 0.506 e. The highest BCUT2D eigenvalue weighted by molar-refractivity contribution is 6.07. The number of aromatic nitrogens is 4. The SMILES string of the molecule is CC(C)C(=O)N1CCC(n2nc(-c3ccc(NC(=O)c4cncc(-c5ccc(F)cc5)c4O)cc3)c3c(N)nccc32)CC1. The van der Waals surface area contributed by atoms with E-state index in [2.05, 4.69) is 15.3 Å². The summed E-state index contributed by atoms with van der Waals surface area (Å²) in [6.45, 7) is 5.18. The first-order valence-corrected chi connectivity index (χ1v) is 14.5. The molecule has 0 atom stereocenters. The molecule has 4 N–H and O–H groups in total. The van der Waals surface area contributed by atoms with Gasteiger partial charge in [0.25, 0.3) is 5.91 Å². The summed E-state index contributed by atoms with van der Waals surface area (Å²) in [5, 5.41) is 19.3. The molecule has 5 aromatic rings. The van der Waals surface area contributed by atoms with Crippen molar-refractivity contribution in [2.45, 2.75) is 32.7 Å². The van der Waals surface area contributed by atoms with Crippen LogP contribution in [0.25, 0.3) is 33.3 Å². The molecular weight excluding hydrogens is 561 g/mol. The van der Waals surface area contributed by atoms with Gasteiger partial charge < -0.3 is 21.1 Å². The number of carbonyl (C=O) groups is 2. The van der Waals surface area contributed by atoms with Gasteiger partial charge in [0.2, 0.25) is 5.91 Å². The number of nitrogens with one attached hydrogen (secondary N) is 1. The van der Waals surface area contributed by atoms with Crippen LogP contribution in [0.1, 0.15) is 43.1 Å². The molecule has 4 heterocycles. The molecule has 0 bridgehead atoms. The lowest BCUT2D eigenvalue weighted by molar-refractivity contribution is -0.135. The topological polar surface area (TPSA) is 139 Å². The van der Waals surface area contributed by atoms with Crippen molar-refractivity contribution in [3.63, 3.8) is 0 Å². The molecule has 0 saturated carbocycles. The van der Waals surface area contributed by atoms with E-state index < -0.39 is 11.7 Å². The third-order valence-corrected chi connectivity index (χ3v) is 8.00. The zero-order chi connectivity index (χ0) is 31.0. The number of amides is 2. The Balaban J connectivity index is 1.23. The summed E-state index contributed by atoms with van der Waals surface area (Å²) < 4.78 is 15.4. The number of nitrogens with two attached hydrogens (primary N) is 1. The minimum atomic E-state index is -0.544. The van der Waals surface area contributed by atoms with Gasteiger partial charge >= 0.3 is 0 Å². The Morgan fingerprint density at radius 3 is 2.36 bits per heavy atom. The van der Waals surface area contributed by atoms with E-state index in [1.165, 1.54) is 36.7 Å². The van der Waals surface area contributed by atoms with Crippen molar-refractivity contribution in [3.8, 4) is 28.1 Å². The summed E-state index contributed by atoms with van der Waals surface area (Å²) >= 11 is 0. The summed E-state index contributed by atoms with van der Waals surface area (Å²) in [6, 6.07) is 14.8. The van der Waals surface area contributed by atoms with Crippen LogP contribution in [0.2, 0.25) is 0 Å². The number of aromatic hydroxyl groups is 1. The molecular formula is C33H32FN7O3. The molecule has 6 rings (SSSR count). The number of halogens is 1. The number of anilines is 2. The molecule has 11 heteroatoms. The van der Waals surface area contributed by atoms with Crippen LogP contribution in [-0.4, -0.2) is 54.7 Å². The molecule has 1 saturated heterocycles. The third kappa shape index (κ3) is 5.44. The number of hydrogen-bond acceptors (Lipinski definition) is 7. The van der Waals surface area contributed by atoms with Crippen LogP contribution in [0.5, 0.6) is 5.75 Å². The zero-order valence-corrected chi connectivity index (χ0v) is 24.4. The first kappa shape index (κ1) is 28.8. The van der Waals surface area contributed by atoms with Gasteiger partial charge in [0, 0.05) is 54.4 Å². The fourth-order valence-corrected chi connectivity index (χ4v) is 5.66. The van der Waals surface area contributed by atoms with Gasteiger partial charge in [-0.3, -0.25) is 19.3 Å². The van der Waals surface area contributed by atoms with Gasteiger partial charge in [-0.05, 0) is 48.7 Å². The summed E-state index contributed by atoms with van der Waals surface area (Å²) in [4.78, 5) is 35.9. The van der Waals surface area contributed by atoms with Gasteiger partial charge in [0.05, 0.1) is 16.9 Å². The lowest BCUT2D eigenvalue weighted by atomic mass is 10.0. The number of rotatable bonds is 6. The fraction of sp³-hybridized carbons (Fsp3) is 0.242. The van der Waals surface area contributed by atoms with Gasteiger partial charge in [-0.25, -0.2) is 9.37 Å². The number of pyridine rings is 2. The molecule has 0 aliphatic carbocycles. The van der Waals surface area contributed by atoms with Crippen LogP contribution in [0.4, 0.5) is 15.9 Å². The van der Waals surface area contributed by atoms with Crippen molar-refractivity contribution in [2.75, 3.05) is 24.1 Å². The summed E-state index contributed by atoms with van der Waals surface area (Å²) in [7, 11) is 0. The Morgan fingerprint density at radius 1 is 1.00 bits per heavy atom. The summed E-state index contributed by atoms with van der Waals surface area (Å²) in [5.74, 6) is -0.689. The normalized spacial score (nSPS) is 13.9. The Morgan fingerprint density at radius 2 is 1.68 bits per heavy atom. The van der Waals surface area contributed by atoms with E-state index in [-0.39, 0.29) is 29.2 Å². The molecule has 2 aromatic carbocycles. The highest BCUT2D eigenvalue weighted by Crippen LogP contribution is 2.36. The molecule has 2 amide bonds. The molecule has 1 aliphatic heterocycles. The first-order valence-electron chi connectivity index (χ1n) is 14.5. The highest BCUT2D eigenvalue weighted by atomic mass is 19.1. The van der Waals surface area contributed by atoms with Crippen LogP contribution in [0, 0.1) is 11.7 Å². The highest BCUT2D eigenvalue weighted by Gasteiger charge is 2.28. The van der Waals surface area contributed by atoms with Crippen molar-refractivity contribution in [3.05, 3.63) is 84.6 Å². The van der Waals surface area contributed by atoms with Crippen LogP contribution < -0.4 is 11.1 Å². The Labute approximate surface area is 253 Å². The van der Waals surface area contributed by atoms with E-state index in [0.717, 1.165) is 29.3 Å². The standard InChI is InChI=1S/C33H32FN7O3/c1-19(2)33(44)40-15-12-24(13-16-40)41-27-11-14-37-31(35)28(27)29(39-41)21-5-9-23(10-6-21)38-32(43)26-18-36-17-25(30(26)42)20-3-7-22(34)8-4-20/h3-11,14,17-19,24H,12-13,15-16H2,1-2H3,(H2,35,37)(H,36,42)(H,38,43).